The van der Waals surface area contributed by atoms with Gasteiger partial charge in [0.05, 0.1) is 16.4 Å². The zero-order valence-electron chi connectivity index (χ0n) is 14.1. The Hall–Kier alpha value is -1.40. The molecular weight excluding hydrogens is 314 g/mol. The summed E-state index contributed by atoms with van der Waals surface area (Å²) in [6, 6.07) is 2.76. The maximum Gasteiger partial charge on any atom is 0.294 e. The first-order valence-electron chi connectivity index (χ1n) is 8.11. The van der Waals surface area contributed by atoms with Gasteiger partial charge in [-0.2, -0.15) is 8.42 Å². The number of hydrogen-bond donors (Lipinski definition) is 2. The van der Waals surface area contributed by atoms with Crippen LogP contribution in [-0.2, 0) is 21.3 Å². The Morgan fingerprint density at radius 1 is 1.26 bits per heavy atom. The number of hydrogen-bond acceptors (Lipinski definition) is 3. The van der Waals surface area contributed by atoms with Gasteiger partial charge in [-0.3, -0.25) is 9.35 Å². The van der Waals surface area contributed by atoms with Crippen LogP contribution in [0.1, 0.15) is 62.8 Å². The molecule has 1 aliphatic rings. The first-order chi connectivity index (χ1) is 10.7. The fraction of sp³-hybridized carbons (Fsp3) is 0.588. The first kappa shape index (κ1) is 17.9. The summed E-state index contributed by atoms with van der Waals surface area (Å²) in [5.74, 6) is -0.0302. The molecule has 2 rings (SSSR count). The maximum atomic E-state index is 12.5. The minimum atomic E-state index is -4.34. The molecule has 1 atom stereocenters. The lowest BCUT2D eigenvalue weighted by atomic mass is 9.78. The number of rotatable bonds is 5. The molecule has 0 saturated carbocycles. The average Bonchev–Trinajstić information content (AvgIpc) is 2.82. The van der Waals surface area contributed by atoms with E-state index in [9.17, 15) is 17.8 Å². The van der Waals surface area contributed by atoms with Crippen LogP contribution in [-0.4, -0.2) is 18.9 Å². The Bertz CT molecular complexity index is 720. The number of carbonyl (C=O) groups excluding carboxylic acids is 1. The van der Waals surface area contributed by atoms with E-state index in [4.69, 9.17) is 0 Å². The van der Waals surface area contributed by atoms with Gasteiger partial charge in [0.15, 0.2) is 0 Å². The van der Waals surface area contributed by atoms with Gasteiger partial charge in [0, 0.05) is 0 Å². The van der Waals surface area contributed by atoms with E-state index in [2.05, 4.69) is 5.32 Å². The van der Waals surface area contributed by atoms with Crippen LogP contribution in [0, 0.1) is 12.3 Å². The fourth-order valence-electron chi connectivity index (χ4n) is 3.71. The van der Waals surface area contributed by atoms with Gasteiger partial charge in [0.25, 0.3) is 10.1 Å². The summed E-state index contributed by atoms with van der Waals surface area (Å²) in [4.78, 5) is 12.4. The monoisotopic (exact) mass is 339 g/mol. The summed E-state index contributed by atoms with van der Waals surface area (Å²) in [6.45, 7) is 7.82. The van der Waals surface area contributed by atoms with Gasteiger partial charge in [-0.15, -0.1) is 0 Å². The van der Waals surface area contributed by atoms with Crippen molar-refractivity contribution in [2.24, 2.45) is 5.41 Å². The van der Waals surface area contributed by atoms with Crippen molar-refractivity contribution in [2.75, 3.05) is 0 Å². The molecule has 128 valence electrons. The van der Waals surface area contributed by atoms with E-state index in [1.165, 1.54) is 6.07 Å². The second-order valence-electron chi connectivity index (χ2n) is 6.32. The third-order valence-electron chi connectivity index (χ3n) is 5.27. The van der Waals surface area contributed by atoms with Crippen molar-refractivity contribution in [3.63, 3.8) is 0 Å². The molecule has 0 spiro atoms. The van der Waals surface area contributed by atoms with Crippen molar-refractivity contribution in [3.8, 4) is 0 Å². The molecule has 1 fully saturated rings. The highest BCUT2D eigenvalue weighted by Crippen LogP contribution is 2.45. The zero-order chi connectivity index (χ0) is 17.4. The van der Waals surface area contributed by atoms with Gasteiger partial charge in [-0.05, 0) is 55.4 Å². The molecule has 1 aromatic carbocycles. The Labute approximate surface area is 138 Å². The van der Waals surface area contributed by atoms with Crippen molar-refractivity contribution in [1.82, 2.24) is 5.32 Å². The summed E-state index contributed by atoms with van der Waals surface area (Å²) in [7, 11) is -4.34. The number of aryl methyl sites for hydroxylation is 1. The molecule has 1 heterocycles. The Kier molecular flexibility index (Phi) is 4.87. The normalized spacial score (nSPS) is 20.6. The van der Waals surface area contributed by atoms with Gasteiger partial charge in [-0.25, -0.2) is 0 Å². The number of benzene rings is 1. The maximum absolute atomic E-state index is 12.5. The van der Waals surface area contributed by atoms with Gasteiger partial charge in [-0.1, -0.05) is 26.8 Å². The third-order valence-corrected chi connectivity index (χ3v) is 6.18. The lowest BCUT2D eigenvalue weighted by Gasteiger charge is -2.23. The van der Waals surface area contributed by atoms with Gasteiger partial charge >= 0.3 is 0 Å². The quantitative estimate of drug-likeness (QED) is 0.807. The van der Waals surface area contributed by atoms with Gasteiger partial charge in [0.1, 0.15) is 0 Å². The second kappa shape index (κ2) is 6.24. The third kappa shape index (κ3) is 3.02. The van der Waals surface area contributed by atoms with E-state index in [-0.39, 0.29) is 16.8 Å². The van der Waals surface area contributed by atoms with Crippen LogP contribution in [0.2, 0.25) is 0 Å². The predicted octanol–water partition coefficient (Wildman–Crippen LogP) is 3.17. The highest BCUT2D eigenvalue weighted by molar-refractivity contribution is 7.85. The van der Waals surface area contributed by atoms with Gasteiger partial charge < -0.3 is 5.32 Å². The van der Waals surface area contributed by atoms with Crippen molar-refractivity contribution >= 4 is 16.0 Å². The Morgan fingerprint density at radius 3 is 2.30 bits per heavy atom. The molecule has 0 radical (unpaired) electrons. The molecule has 0 aromatic heterocycles. The molecule has 2 N–H and O–H groups in total. The predicted molar refractivity (Wildman–Crippen MR) is 88.9 cm³/mol. The van der Waals surface area contributed by atoms with Crippen molar-refractivity contribution in [1.29, 1.82) is 0 Å². The Morgan fingerprint density at radius 2 is 1.87 bits per heavy atom. The highest BCUT2D eigenvalue weighted by atomic mass is 32.2. The molecular formula is C17H25NO4S. The Balaban J connectivity index is 2.64. The average molecular weight is 339 g/mol. The number of amides is 1. The van der Waals surface area contributed by atoms with E-state index in [0.717, 1.165) is 11.1 Å². The summed E-state index contributed by atoms with van der Waals surface area (Å²) in [5, 5.41) is 2.96. The molecule has 1 saturated heterocycles. The standard InChI is InChI=1S/C17H25NO4S/c1-5-12-11(4)8-9-14(23(20,21)22)15(12)13-10-17(6-2,7-3)16(19)18-13/h8-9,13H,5-7,10H2,1-4H3,(H,18,19)(H,20,21,22). The molecule has 1 amide bonds. The van der Waals surface area contributed by atoms with Crippen LogP contribution in [0.4, 0.5) is 0 Å². The number of nitrogens with one attached hydrogen (secondary N) is 1. The minimum Gasteiger partial charge on any atom is -0.349 e. The largest absolute Gasteiger partial charge is 0.349 e. The van der Waals surface area contributed by atoms with Crippen LogP contribution in [0.15, 0.2) is 17.0 Å². The van der Waals surface area contributed by atoms with E-state index in [0.29, 0.717) is 31.2 Å². The summed E-state index contributed by atoms with van der Waals surface area (Å²) < 4.78 is 33.2. The number of carbonyl (C=O) groups is 1. The fourth-order valence-corrected chi connectivity index (χ4v) is 4.49. The minimum absolute atomic E-state index is 0.0302. The van der Waals surface area contributed by atoms with Crippen LogP contribution in [0.5, 0.6) is 0 Å². The molecule has 23 heavy (non-hydrogen) atoms. The molecule has 6 heteroatoms. The second-order valence-corrected chi connectivity index (χ2v) is 7.71. The van der Waals surface area contributed by atoms with Crippen LogP contribution >= 0.6 is 0 Å². The molecule has 1 unspecified atom stereocenters. The summed E-state index contributed by atoms with van der Waals surface area (Å²) in [5.41, 5.74) is 1.94. The van der Waals surface area contributed by atoms with Crippen LogP contribution in [0.3, 0.4) is 0 Å². The molecule has 0 bridgehead atoms. The van der Waals surface area contributed by atoms with Gasteiger partial charge in [0.2, 0.25) is 5.91 Å². The van der Waals surface area contributed by atoms with Crippen molar-refractivity contribution < 1.29 is 17.8 Å². The summed E-state index contributed by atoms with van der Waals surface area (Å²) >= 11 is 0. The molecule has 1 aromatic rings. The van der Waals surface area contributed by atoms with E-state index in [1.807, 2.05) is 27.7 Å². The molecule has 5 nitrogen and oxygen atoms in total. The molecule has 0 aliphatic carbocycles. The zero-order valence-corrected chi connectivity index (χ0v) is 15.0. The lowest BCUT2D eigenvalue weighted by molar-refractivity contribution is -0.128. The van der Waals surface area contributed by atoms with Crippen molar-refractivity contribution in [3.05, 3.63) is 28.8 Å². The van der Waals surface area contributed by atoms with E-state index in [1.54, 1.807) is 6.07 Å². The van der Waals surface area contributed by atoms with Crippen LogP contribution < -0.4 is 5.32 Å². The topological polar surface area (TPSA) is 83.5 Å². The van der Waals surface area contributed by atoms with E-state index < -0.39 is 15.5 Å². The first-order valence-corrected chi connectivity index (χ1v) is 9.55. The lowest BCUT2D eigenvalue weighted by Crippen LogP contribution is -2.30. The molecule has 1 aliphatic heterocycles. The van der Waals surface area contributed by atoms with E-state index >= 15 is 0 Å². The highest BCUT2D eigenvalue weighted by Gasteiger charge is 2.46. The summed E-state index contributed by atoms with van der Waals surface area (Å²) in [6.07, 6.45) is 2.61. The smallest absolute Gasteiger partial charge is 0.294 e. The van der Waals surface area contributed by atoms with Crippen LogP contribution in [0.25, 0.3) is 0 Å². The SMILES string of the molecule is CCc1c(C)ccc(S(=O)(=O)O)c1C1CC(CC)(CC)C(=O)N1. The van der Waals surface area contributed by atoms with Crippen molar-refractivity contribution in [2.45, 2.75) is 64.3 Å².